The van der Waals surface area contributed by atoms with Crippen molar-refractivity contribution in [1.29, 1.82) is 0 Å². The maximum Gasteiger partial charge on any atom is 0.416 e. The van der Waals surface area contributed by atoms with Crippen LogP contribution in [0.5, 0.6) is 0 Å². The van der Waals surface area contributed by atoms with Crippen LogP contribution in [0.25, 0.3) is 5.69 Å². The van der Waals surface area contributed by atoms with Crippen molar-refractivity contribution in [3.63, 3.8) is 0 Å². The predicted molar refractivity (Wildman–Crippen MR) is 115 cm³/mol. The smallest absolute Gasteiger partial charge is 0.380 e. The number of hydrogen-bond acceptors (Lipinski definition) is 3. The Morgan fingerprint density at radius 1 is 1.03 bits per heavy atom. The highest BCUT2D eigenvalue weighted by atomic mass is 19.4. The van der Waals surface area contributed by atoms with Gasteiger partial charge >= 0.3 is 6.18 Å². The number of nitrogens with zero attached hydrogens (tertiary/aromatic N) is 3. The van der Waals surface area contributed by atoms with Crippen molar-refractivity contribution in [3.8, 4) is 5.69 Å². The van der Waals surface area contributed by atoms with Crippen molar-refractivity contribution in [1.82, 2.24) is 14.7 Å². The molecule has 1 aliphatic heterocycles. The van der Waals surface area contributed by atoms with Crippen LogP contribution < -0.4 is 5.32 Å². The molecule has 2 heterocycles. The van der Waals surface area contributed by atoms with Crippen LogP contribution in [0.4, 0.5) is 18.9 Å². The van der Waals surface area contributed by atoms with E-state index in [0.29, 0.717) is 30.0 Å². The fourth-order valence-corrected chi connectivity index (χ4v) is 4.30. The molecule has 8 heteroatoms. The zero-order chi connectivity index (χ0) is 22.3. The Labute approximate surface area is 183 Å². The fourth-order valence-electron chi connectivity index (χ4n) is 4.30. The molecule has 1 aromatic heterocycles. The summed E-state index contributed by atoms with van der Waals surface area (Å²) >= 11 is 0. The number of hydrogen-bond donors (Lipinski definition) is 1. The monoisotopic (exact) mass is 440 g/mol. The van der Waals surface area contributed by atoms with Gasteiger partial charge in [-0.25, -0.2) is 4.68 Å². The molecule has 5 nitrogen and oxygen atoms in total. The van der Waals surface area contributed by atoms with Gasteiger partial charge in [0.25, 0.3) is 5.91 Å². The summed E-state index contributed by atoms with van der Waals surface area (Å²) in [5, 5.41) is 7.79. The molecule has 2 fully saturated rings. The van der Waals surface area contributed by atoms with Gasteiger partial charge in [-0.15, -0.1) is 0 Å². The van der Waals surface area contributed by atoms with Crippen LogP contribution >= 0.6 is 0 Å². The summed E-state index contributed by atoms with van der Waals surface area (Å²) in [5.74, 6) is 0.0364. The summed E-state index contributed by atoms with van der Waals surface area (Å²) in [6.45, 7) is 1.20. The van der Waals surface area contributed by atoms with E-state index >= 15 is 0 Å². The number of para-hydroxylation sites is 1. The zero-order valence-corrected chi connectivity index (χ0v) is 17.3. The van der Waals surface area contributed by atoms with Gasteiger partial charge in [-0.2, -0.15) is 18.3 Å². The molecular weight excluding hydrogens is 417 g/mol. The quantitative estimate of drug-likeness (QED) is 0.601. The standard InChI is InChI=1S/C24H23F3N4O/c25-24(26,27)17-5-4-8-20(13-17)31-22(16-9-10-16)21(14-28-31)23(32)30-12-11-19(15-30)29-18-6-2-1-3-7-18/h1-8,13-14,16,19,29H,9-12,15H2. The van der Waals surface area contributed by atoms with Crippen LogP contribution in [-0.4, -0.2) is 39.7 Å². The number of amides is 1. The third-order valence-corrected chi connectivity index (χ3v) is 6.04. The molecule has 0 spiro atoms. The van der Waals surface area contributed by atoms with Crippen LogP contribution in [0.2, 0.25) is 0 Å². The summed E-state index contributed by atoms with van der Waals surface area (Å²) in [6, 6.07) is 15.1. The summed E-state index contributed by atoms with van der Waals surface area (Å²) in [4.78, 5) is 15.1. The molecule has 166 valence electrons. The minimum Gasteiger partial charge on any atom is -0.380 e. The number of rotatable bonds is 5. The number of likely N-dealkylation sites (tertiary alicyclic amines) is 1. The lowest BCUT2D eigenvalue weighted by atomic mass is 10.1. The minimum atomic E-state index is -4.43. The molecule has 32 heavy (non-hydrogen) atoms. The topological polar surface area (TPSA) is 50.2 Å². The molecule has 1 amide bonds. The van der Waals surface area contributed by atoms with Gasteiger partial charge in [0, 0.05) is 30.7 Å². The van der Waals surface area contributed by atoms with Crippen molar-refractivity contribution >= 4 is 11.6 Å². The van der Waals surface area contributed by atoms with E-state index in [1.807, 2.05) is 30.3 Å². The number of alkyl halides is 3. The number of halogens is 3. The van der Waals surface area contributed by atoms with E-state index in [1.54, 1.807) is 11.0 Å². The highest BCUT2D eigenvalue weighted by Crippen LogP contribution is 2.43. The van der Waals surface area contributed by atoms with Crippen molar-refractivity contribution in [2.45, 2.75) is 37.4 Å². The van der Waals surface area contributed by atoms with Crippen molar-refractivity contribution in [2.75, 3.05) is 18.4 Å². The second-order valence-electron chi connectivity index (χ2n) is 8.42. The highest BCUT2D eigenvalue weighted by molar-refractivity contribution is 5.96. The molecule has 1 saturated carbocycles. The first kappa shape index (κ1) is 20.6. The van der Waals surface area contributed by atoms with Gasteiger partial charge in [0.05, 0.1) is 28.7 Å². The largest absolute Gasteiger partial charge is 0.416 e. The molecule has 2 aliphatic rings. The Hall–Kier alpha value is -3.29. The fraction of sp³-hybridized carbons (Fsp3) is 0.333. The summed E-state index contributed by atoms with van der Waals surface area (Å²) in [6.07, 6.45) is -0.278. The van der Waals surface area contributed by atoms with Gasteiger partial charge in [0.1, 0.15) is 0 Å². The van der Waals surface area contributed by atoms with E-state index in [9.17, 15) is 18.0 Å². The van der Waals surface area contributed by atoms with Gasteiger partial charge in [-0.05, 0) is 49.6 Å². The van der Waals surface area contributed by atoms with Gasteiger partial charge in [-0.1, -0.05) is 24.3 Å². The normalized spacial score (nSPS) is 18.7. The molecule has 0 bridgehead atoms. The molecule has 1 aliphatic carbocycles. The lowest BCUT2D eigenvalue weighted by Crippen LogP contribution is -2.32. The number of carbonyl (C=O) groups is 1. The van der Waals surface area contributed by atoms with Crippen LogP contribution in [0.1, 0.15) is 46.8 Å². The minimum absolute atomic E-state index is 0.109. The molecule has 1 atom stereocenters. The first-order valence-corrected chi connectivity index (χ1v) is 10.8. The third-order valence-electron chi connectivity index (χ3n) is 6.04. The van der Waals surface area contributed by atoms with E-state index in [1.165, 1.54) is 16.9 Å². The van der Waals surface area contributed by atoms with E-state index in [-0.39, 0.29) is 17.9 Å². The van der Waals surface area contributed by atoms with Gasteiger partial charge in [0.15, 0.2) is 0 Å². The van der Waals surface area contributed by atoms with Gasteiger partial charge in [-0.3, -0.25) is 4.79 Å². The second kappa shape index (κ2) is 8.00. The third kappa shape index (κ3) is 4.09. The summed E-state index contributed by atoms with van der Waals surface area (Å²) in [7, 11) is 0. The predicted octanol–water partition coefficient (Wildman–Crippen LogP) is 5.10. The number of carbonyl (C=O) groups excluding carboxylic acids is 1. The molecular formula is C24H23F3N4O. The Kier molecular flexibility index (Phi) is 5.15. The van der Waals surface area contributed by atoms with Crippen molar-refractivity contribution in [3.05, 3.63) is 77.6 Å². The Morgan fingerprint density at radius 2 is 1.81 bits per heavy atom. The summed E-state index contributed by atoms with van der Waals surface area (Å²) in [5.41, 5.74) is 1.82. The maximum absolute atomic E-state index is 13.3. The first-order valence-electron chi connectivity index (χ1n) is 10.8. The van der Waals surface area contributed by atoms with Crippen LogP contribution in [-0.2, 0) is 6.18 Å². The molecule has 1 saturated heterocycles. The Morgan fingerprint density at radius 3 is 2.53 bits per heavy atom. The van der Waals surface area contributed by atoms with Crippen LogP contribution in [0.15, 0.2) is 60.8 Å². The molecule has 0 radical (unpaired) electrons. The second-order valence-corrected chi connectivity index (χ2v) is 8.42. The lowest BCUT2D eigenvalue weighted by molar-refractivity contribution is -0.137. The molecule has 5 rings (SSSR count). The van der Waals surface area contributed by atoms with E-state index in [2.05, 4.69) is 10.4 Å². The van der Waals surface area contributed by atoms with E-state index in [4.69, 9.17) is 0 Å². The Bertz CT molecular complexity index is 1120. The van der Waals surface area contributed by atoms with Crippen LogP contribution in [0, 0.1) is 0 Å². The SMILES string of the molecule is O=C(c1cnn(-c2cccc(C(F)(F)F)c2)c1C1CC1)N1CCC(Nc2ccccc2)C1. The molecule has 3 aromatic rings. The molecule has 2 aromatic carbocycles. The van der Waals surface area contributed by atoms with Crippen molar-refractivity contribution < 1.29 is 18.0 Å². The number of anilines is 1. The van der Waals surface area contributed by atoms with Crippen LogP contribution in [0.3, 0.4) is 0 Å². The average molecular weight is 440 g/mol. The molecule has 1 N–H and O–H groups in total. The zero-order valence-electron chi connectivity index (χ0n) is 17.3. The van der Waals surface area contributed by atoms with Gasteiger partial charge < -0.3 is 10.2 Å². The van der Waals surface area contributed by atoms with Gasteiger partial charge in [0.2, 0.25) is 0 Å². The number of aromatic nitrogens is 2. The maximum atomic E-state index is 13.3. The number of nitrogens with one attached hydrogen (secondary N) is 1. The Balaban J connectivity index is 1.38. The highest BCUT2D eigenvalue weighted by Gasteiger charge is 2.37. The lowest BCUT2D eigenvalue weighted by Gasteiger charge is -2.18. The average Bonchev–Trinajstić information content (AvgIpc) is 3.35. The first-order chi connectivity index (χ1) is 15.4. The van der Waals surface area contributed by atoms with Crippen molar-refractivity contribution in [2.24, 2.45) is 0 Å². The number of benzene rings is 2. The van der Waals surface area contributed by atoms with E-state index < -0.39 is 11.7 Å². The molecule has 1 unspecified atom stereocenters. The summed E-state index contributed by atoms with van der Waals surface area (Å²) < 4.78 is 41.1. The van der Waals surface area contributed by atoms with E-state index in [0.717, 1.165) is 37.1 Å².